The minimum atomic E-state index is -0.621. The fourth-order valence-corrected chi connectivity index (χ4v) is 3.73. The highest BCUT2D eigenvalue weighted by Gasteiger charge is 2.24. The Bertz CT molecular complexity index is 1290. The number of halogens is 1. The van der Waals surface area contributed by atoms with Crippen LogP contribution in [0.5, 0.6) is 5.75 Å². The summed E-state index contributed by atoms with van der Waals surface area (Å²) in [5.41, 5.74) is 0.412. The first kappa shape index (κ1) is 20.7. The summed E-state index contributed by atoms with van der Waals surface area (Å²) in [5.74, 6) is -0.140. The average molecular weight is 443 g/mol. The molecule has 0 saturated carbocycles. The molecule has 8 nitrogen and oxygen atoms in total. The molecule has 4 rings (SSSR count). The Labute approximate surface area is 179 Å². The zero-order valence-corrected chi connectivity index (χ0v) is 17.6. The minimum Gasteiger partial charge on any atom is -0.486 e. The van der Waals surface area contributed by atoms with E-state index in [1.54, 1.807) is 26.0 Å². The van der Waals surface area contributed by atoms with Gasteiger partial charge in [0.1, 0.15) is 46.2 Å². The number of hydrogen-bond donors (Lipinski definition) is 0. The molecule has 0 unspecified atom stereocenters. The Morgan fingerprint density at radius 3 is 2.81 bits per heavy atom. The van der Waals surface area contributed by atoms with Crippen LogP contribution in [0.3, 0.4) is 0 Å². The van der Waals surface area contributed by atoms with Crippen molar-refractivity contribution < 1.29 is 23.1 Å². The zero-order valence-electron chi connectivity index (χ0n) is 16.8. The summed E-state index contributed by atoms with van der Waals surface area (Å²) in [6.45, 7) is 3.84. The summed E-state index contributed by atoms with van der Waals surface area (Å²) in [5, 5.41) is 2.61. The van der Waals surface area contributed by atoms with Crippen molar-refractivity contribution >= 4 is 28.4 Å². The highest BCUT2D eigenvalue weighted by Crippen LogP contribution is 2.22. The third-order valence-corrected chi connectivity index (χ3v) is 5.31. The van der Waals surface area contributed by atoms with Gasteiger partial charge in [-0.2, -0.15) is 0 Å². The molecule has 31 heavy (non-hydrogen) atoms. The molecular formula is C21H18FN3O5S. The second-order valence-electron chi connectivity index (χ2n) is 6.59. The molecule has 0 spiro atoms. The van der Waals surface area contributed by atoms with Crippen LogP contribution in [0.15, 0.2) is 45.2 Å². The molecule has 0 atom stereocenters. The summed E-state index contributed by atoms with van der Waals surface area (Å²) in [7, 11) is 0. The number of furan rings is 1. The molecule has 3 heterocycles. The number of aromatic nitrogens is 3. The van der Waals surface area contributed by atoms with Crippen molar-refractivity contribution in [2.45, 2.75) is 27.0 Å². The van der Waals surface area contributed by atoms with E-state index in [1.807, 2.05) is 5.38 Å². The minimum absolute atomic E-state index is 0.0912. The lowest BCUT2D eigenvalue weighted by atomic mass is 10.2. The van der Waals surface area contributed by atoms with Gasteiger partial charge >= 0.3 is 5.97 Å². The van der Waals surface area contributed by atoms with Gasteiger partial charge in [-0.3, -0.25) is 9.36 Å². The number of carbonyl (C=O) groups is 1. The van der Waals surface area contributed by atoms with Crippen molar-refractivity contribution in [3.8, 4) is 5.75 Å². The van der Waals surface area contributed by atoms with Crippen molar-refractivity contribution in [2.24, 2.45) is 0 Å². The van der Waals surface area contributed by atoms with Crippen LogP contribution in [0.2, 0.25) is 0 Å². The Hall–Kier alpha value is -3.53. The van der Waals surface area contributed by atoms with E-state index in [-0.39, 0.29) is 48.0 Å². The Morgan fingerprint density at radius 2 is 2.06 bits per heavy atom. The van der Waals surface area contributed by atoms with Crippen LogP contribution in [0.1, 0.15) is 33.7 Å². The monoisotopic (exact) mass is 443 g/mol. The lowest BCUT2D eigenvalue weighted by Gasteiger charge is -2.04. The SMILES string of the molecule is CCOC(=O)c1c(C)oc2ncn(Cc3csc(COc4ccc(F)cc4)n3)c(=O)c12. The number of esters is 1. The van der Waals surface area contributed by atoms with Crippen LogP contribution in [-0.4, -0.2) is 27.1 Å². The van der Waals surface area contributed by atoms with Gasteiger partial charge in [0.25, 0.3) is 5.56 Å². The third kappa shape index (κ3) is 4.33. The molecule has 0 fully saturated rings. The van der Waals surface area contributed by atoms with Crippen LogP contribution >= 0.6 is 11.3 Å². The van der Waals surface area contributed by atoms with Gasteiger partial charge < -0.3 is 13.9 Å². The van der Waals surface area contributed by atoms with Gasteiger partial charge in [-0.15, -0.1) is 11.3 Å². The van der Waals surface area contributed by atoms with Crippen molar-refractivity contribution in [3.63, 3.8) is 0 Å². The maximum absolute atomic E-state index is 13.0. The first-order valence-electron chi connectivity index (χ1n) is 9.43. The number of hydrogen-bond acceptors (Lipinski definition) is 8. The van der Waals surface area contributed by atoms with Crippen LogP contribution in [-0.2, 0) is 17.9 Å². The molecule has 10 heteroatoms. The number of ether oxygens (including phenoxy) is 2. The Kier molecular flexibility index (Phi) is 5.81. The maximum atomic E-state index is 13.0. The molecule has 0 N–H and O–H groups in total. The fraction of sp³-hybridized carbons (Fsp3) is 0.238. The van der Waals surface area contributed by atoms with Crippen molar-refractivity contribution in [1.29, 1.82) is 0 Å². The van der Waals surface area contributed by atoms with E-state index in [1.165, 1.54) is 34.4 Å². The Morgan fingerprint density at radius 1 is 1.29 bits per heavy atom. The maximum Gasteiger partial charge on any atom is 0.342 e. The number of thiazole rings is 1. The van der Waals surface area contributed by atoms with E-state index in [0.29, 0.717) is 16.5 Å². The number of aryl methyl sites for hydroxylation is 1. The van der Waals surface area contributed by atoms with E-state index < -0.39 is 11.5 Å². The van der Waals surface area contributed by atoms with Gasteiger partial charge in [0.15, 0.2) is 0 Å². The molecule has 0 aliphatic heterocycles. The van der Waals surface area contributed by atoms with Crippen molar-refractivity contribution in [2.75, 3.05) is 6.61 Å². The lowest BCUT2D eigenvalue weighted by molar-refractivity contribution is 0.0526. The molecule has 0 aliphatic rings. The van der Waals surface area contributed by atoms with E-state index in [4.69, 9.17) is 13.9 Å². The molecule has 3 aromatic heterocycles. The van der Waals surface area contributed by atoms with Gasteiger partial charge in [0.2, 0.25) is 5.71 Å². The van der Waals surface area contributed by atoms with Gasteiger partial charge in [-0.05, 0) is 38.1 Å². The molecule has 0 saturated heterocycles. The second kappa shape index (κ2) is 8.68. The summed E-state index contributed by atoms with van der Waals surface area (Å²) in [6.07, 6.45) is 1.36. The third-order valence-electron chi connectivity index (χ3n) is 4.44. The molecule has 4 aromatic rings. The van der Waals surface area contributed by atoms with E-state index in [9.17, 15) is 14.0 Å². The van der Waals surface area contributed by atoms with Crippen molar-refractivity contribution in [3.05, 3.63) is 74.2 Å². The zero-order chi connectivity index (χ0) is 22.0. The standard InChI is InChI=1S/C21H18FN3O5S/c1-3-28-21(27)17-12(2)30-19-18(17)20(26)25(11-23-19)8-14-10-31-16(24-14)9-29-15-6-4-13(22)5-7-15/h4-7,10-11H,3,8-9H2,1-2H3. The van der Waals surface area contributed by atoms with Crippen LogP contribution in [0, 0.1) is 12.7 Å². The van der Waals surface area contributed by atoms with Gasteiger partial charge in [0, 0.05) is 5.38 Å². The second-order valence-corrected chi connectivity index (χ2v) is 7.53. The van der Waals surface area contributed by atoms with Crippen LogP contribution in [0.4, 0.5) is 4.39 Å². The van der Waals surface area contributed by atoms with Crippen LogP contribution < -0.4 is 10.3 Å². The topological polar surface area (TPSA) is 96.4 Å². The summed E-state index contributed by atoms with van der Waals surface area (Å²) in [6, 6.07) is 5.72. The highest BCUT2D eigenvalue weighted by atomic mass is 32.1. The fourth-order valence-electron chi connectivity index (χ4n) is 3.04. The molecule has 1 aromatic carbocycles. The number of fused-ring (bicyclic) bond motifs is 1. The largest absolute Gasteiger partial charge is 0.486 e. The molecule has 0 radical (unpaired) electrons. The molecule has 160 valence electrons. The van der Waals surface area contributed by atoms with Crippen LogP contribution in [0.25, 0.3) is 11.1 Å². The van der Waals surface area contributed by atoms with Gasteiger partial charge in [-0.1, -0.05) is 0 Å². The van der Waals surface area contributed by atoms with E-state index in [2.05, 4.69) is 9.97 Å². The summed E-state index contributed by atoms with van der Waals surface area (Å²) in [4.78, 5) is 33.9. The predicted octanol–water partition coefficient (Wildman–Crippen LogP) is 3.70. The average Bonchev–Trinajstić information content (AvgIpc) is 3.33. The first-order valence-corrected chi connectivity index (χ1v) is 10.3. The van der Waals surface area contributed by atoms with Gasteiger partial charge in [0.05, 0.1) is 18.8 Å². The Balaban J connectivity index is 1.54. The number of carbonyl (C=O) groups excluding carboxylic acids is 1. The smallest absolute Gasteiger partial charge is 0.342 e. The van der Waals surface area contributed by atoms with Gasteiger partial charge in [-0.25, -0.2) is 19.2 Å². The first-order chi connectivity index (χ1) is 15.0. The molecule has 0 aliphatic carbocycles. The lowest BCUT2D eigenvalue weighted by Crippen LogP contribution is -2.22. The predicted molar refractivity (Wildman–Crippen MR) is 111 cm³/mol. The van der Waals surface area contributed by atoms with E-state index in [0.717, 1.165) is 0 Å². The van der Waals surface area contributed by atoms with E-state index >= 15 is 0 Å². The molecule has 0 bridgehead atoms. The summed E-state index contributed by atoms with van der Waals surface area (Å²) < 4.78 is 30.4. The van der Waals surface area contributed by atoms with Crippen molar-refractivity contribution in [1.82, 2.24) is 14.5 Å². The quantitative estimate of drug-likeness (QED) is 0.402. The summed E-state index contributed by atoms with van der Waals surface area (Å²) >= 11 is 1.38. The highest BCUT2D eigenvalue weighted by molar-refractivity contribution is 7.09. The number of nitrogens with zero attached hydrogens (tertiary/aromatic N) is 3. The number of rotatable bonds is 7. The molecule has 0 amide bonds. The number of benzene rings is 1. The normalized spacial score (nSPS) is 11.1. The molecular weight excluding hydrogens is 425 g/mol.